The molecule has 0 saturated carbocycles. The van der Waals surface area contributed by atoms with Crippen molar-refractivity contribution in [3.8, 4) is 0 Å². The maximum atomic E-state index is 5.89. The zero-order chi connectivity index (χ0) is 20.5. The summed E-state index contributed by atoms with van der Waals surface area (Å²) in [6, 6.07) is 0. The molecule has 0 saturated heterocycles. The zero-order valence-corrected chi connectivity index (χ0v) is 19.7. The van der Waals surface area contributed by atoms with Crippen molar-refractivity contribution in [2.45, 2.75) is 136 Å². The van der Waals surface area contributed by atoms with E-state index in [4.69, 9.17) is 14.0 Å². The molecular weight excluding hydrogens is 347 g/mol. The SMILES string of the molecule is CCCCCCCCOB(OCCCCCCCC)OCCCCCCCC. The van der Waals surface area contributed by atoms with E-state index >= 15 is 0 Å². The van der Waals surface area contributed by atoms with E-state index in [0.717, 1.165) is 39.1 Å². The second-order valence-electron chi connectivity index (χ2n) is 8.20. The molecule has 0 aliphatic carbocycles. The Balaban J connectivity index is 3.80. The third-order valence-corrected chi connectivity index (χ3v) is 5.26. The van der Waals surface area contributed by atoms with Crippen molar-refractivity contribution in [3.63, 3.8) is 0 Å². The lowest BCUT2D eigenvalue weighted by Gasteiger charge is -2.15. The number of unbranched alkanes of at least 4 members (excludes halogenated alkanes) is 15. The Hall–Kier alpha value is -0.0551. The fourth-order valence-electron chi connectivity index (χ4n) is 3.33. The Morgan fingerprint density at radius 1 is 0.357 bits per heavy atom. The molecule has 0 fully saturated rings. The molecule has 0 heterocycles. The molecule has 0 spiro atoms. The molecule has 4 heteroatoms. The molecule has 0 aromatic carbocycles. The van der Waals surface area contributed by atoms with Gasteiger partial charge >= 0.3 is 7.32 Å². The second kappa shape index (κ2) is 25.0. The lowest BCUT2D eigenvalue weighted by molar-refractivity contribution is 0.0885. The van der Waals surface area contributed by atoms with Crippen molar-refractivity contribution in [3.05, 3.63) is 0 Å². The molecule has 3 nitrogen and oxygen atoms in total. The first kappa shape index (κ1) is 27.9. The highest BCUT2D eigenvalue weighted by Gasteiger charge is 2.20. The quantitative estimate of drug-likeness (QED) is 0.121. The molecule has 0 unspecified atom stereocenters. The fraction of sp³-hybridized carbons (Fsp3) is 1.00. The van der Waals surface area contributed by atoms with E-state index in [9.17, 15) is 0 Å². The Morgan fingerprint density at radius 2 is 0.607 bits per heavy atom. The summed E-state index contributed by atoms with van der Waals surface area (Å²) in [5.74, 6) is 0. The lowest BCUT2D eigenvalue weighted by atomic mass is 10.1. The van der Waals surface area contributed by atoms with Gasteiger partial charge in [-0.25, -0.2) is 0 Å². The minimum absolute atomic E-state index is 0.457. The highest BCUT2D eigenvalue weighted by atomic mass is 16.7. The monoisotopic (exact) mass is 398 g/mol. The largest absolute Gasteiger partial charge is 0.639 e. The van der Waals surface area contributed by atoms with Crippen LogP contribution in [0.25, 0.3) is 0 Å². The molecule has 0 aliphatic heterocycles. The zero-order valence-electron chi connectivity index (χ0n) is 19.7. The molecule has 0 amide bonds. The second-order valence-corrected chi connectivity index (χ2v) is 8.20. The highest BCUT2D eigenvalue weighted by molar-refractivity contribution is 6.36. The van der Waals surface area contributed by atoms with Crippen LogP contribution in [0.5, 0.6) is 0 Å². The van der Waals surface area contributed by atoms with Crippen LogP contribution in [0.3, 0.4) is 0 Å². The molecule has 0 radical (unpaired) electrons. The van der Waals surface area contributed by atoms with E-state index in [-0.39, 0.29) is 0 Å². The standard InChI is InChI=1S/C24H51BO3/c1-4-7-10-13-16-19-22-26-25(27-23-20-17-14-11-8-5-2)28-24-21-18-15-12-9-6-3/h4-24H2,1-3H3. The predicted octanol–water partition coefficient (Wildman–Crippen LogP) is 8.10. The van der Waals surface area contributed by atoms with Gasteiger partial charge in [0.15, 0.2) is 0 Å². The smallest absolute Gasteiger partial charge is 0.386 e. The predicted molar refractivity (Wildman–Crippen MR) is 124 cm³/mol. The Kier molecular flexibility index (Phi) is 24.9. The van der Waals surface area contributed by atoms with E-state index in [2.05, 4.69) is 20.8 Å². The van der Waals surface area contributed by atoms with Crippen LogP contribution >= 0.6 is 0 Å². The third kappa shape index (κ3) is 22.2. The fourth-order valence-corrected chi connectivity index (χ4v) is 3.33. The van der Waals surface area contributed by atoms with Gasteiger partial charge < -0.3 is 14.0 Å². The third-order valence-electron chi connectivity index (χ3n) is 5.26. The van der Waals surface area contributed by atoms with Crippen LogP contribution in [0, 0.1) is 0 Å². The minimum Gasteiger partial charge on any atom is -0.386 e. The van der Waals surface area contributed by atoms with Crippen LogP contribution in [0.4, 0.5) is 0 Å². The van der Waals surface area contributed by atoms with Gasteiger partial charge in [0.25, 0.3) is 0 Å². The molecule has 0 N–H and O–H groups in total. The summed E-state index contributed by atoms with van der Waals surface area (Å²) >= 11 is 0. The summed E-state index contributed by atoms with van der Waals surface area (Å²) in [7, 11) is -0.457. The topological polar surface area (TPSA) is 27.7 Å². The van der Waals surface area contributed by atoms with Crippen LogP contribution in [0.2, 0.25) is 0 Å². The van der Waals surface area contributed by atoms with Gasteiger partial charge in [-0.05, 0) is 19.3 Å². The van der Waals surface area contributed by atoms with Gasteiger partial charge in [0.05, 0.1) is 0 Å². The van der Waals surface area contributed by atoms with Crippen molar-refractivity contribution in [2.24, 2.45) is 0 Å². The van der Waals surface area contributed by atoms with Gasteiger partial charge in [-0.15, -0.1) is 0 Å². The molecule has 0 aromatic rings. The van der Waals surface area contributed by atoms with Crippen LogP contribution in [-0.2, 0) is 14.0 Å². The Morgan fingerprint density at radius 3 is 0.893 bits per heavy atom. The minimum atomic E-state index is -0.457. The van der Waals surface area contributed by atoms with Gasteiger partial charge in [0.2, 0.25) is 0 Å². The average molecular weight is 398 g/mol. The van der Waals surface area contributed by atoms with Crippen molar-refractivity contribution < 1.29 is 14.0 Å². The molecule has 28 heavy (non-hydrogen) atoms. The first-order valence-corrected chi connectivity index (χ1v) is 12.7. The van der Waals surface area contributed by atoms with Crippen molar-refractivity contribution in [2.75, 3.05) is 19.8 Å². The van der Waals surface area contributed by atoms with E-state index < -0.39 is 7.32 Å². The van der Waals surface area contributed by atoms with E-state index in [1.165, 1.54) is 96.3 Å². The summed E-state index contributed by atoms with van der Waals surface area (Å²) < 4.78 is 17.7. The molecule has 0 atom stereocenters. The number of hydrogen-bond donors (Lipinski definition) is 0. The van der Waals surface area contributed by atoms with Gasteiger partial charge in [0, 0.05) is 19.8 Å². The van der Waals surface area contributed by atoms with Crippen LogP contribution < -0.4 is 0 Å². The van der Waals surface area contributed by atoms with Crippen LogP contribution in [-0.4, -0.2) is 27.1 Å². The lowest BCUT2D eigenvalue weighted by Crippen LogP contribution is -2.28. The van der Waals surface area contributed by atoms with Crippen molar-refractivity contribution in [1.29, 1.82) is 0 Å². The molecule has 0 bridgehead atoms. The molecule has 0 aromatic heterocycles. The van der Waals surface area contributed by atoms with Crippen LogP contribution in [0.1, 0.15) is 136 Å². The van der Waals surface area contributed by atoms with Gasteiger partial charge in [-0.2, -0.15) is 0 Å². The summed E-state index contributed by atoms with van der Waals surface area (Å²) in [4.78, 5) is 0. The molecule has 168 valence electrons. The van der Waals surface area contributed by atoms with Crippen molar-refractivity contribution in [1.82, 2.24) is 0 Å². The van der Waals surface area contributed by atoms with E-state index in [1.807, 2.05) is 0 Å². The van der Waals surface area contributed by atoms with Gasteiger partial charge in [0.1, 0.15) is 0 Å². The first-order chi connectivity index (χ1) is 13.8. The summed E-state index contributed by atoms with van der Waals surface area (Å²) in [5, 5.41) is 0. The Labute approximate surface area is 177 Å². The van der Waals surface area contributed by atoms with Crippen molar-refractivity contribution >= 4 is 7.32 Å². The molecule has 0 rings (SSSR count). The van der Waals surface area contributed by atoms with Gasteiger partial charge in [-0.1, -0.05) is 117 Å². The van der Waals surface area contributed by atoms with Gasteiger partial charge in [-0.3, -0.25) is 0 Å². The number of hydrogen-bond acceptors (Lipinski definition) is 3. The summed E-state index contributed by atoms with van der Waals surface area (Å²) in [6.07, 6.45) is 23.1. The molecular formula is C24H51BO3. The maximum absolute atomic E-state index is 5.89. The first-order valence-electron chi connectivity index (χ1n) is 12.7. The highest BCUT2D eigenvalue weighted by Crippen LogP contribution is 2.09. The average Bonchev–Trinajstić information content (AvgIpc) is 2.71. The maximum Gasteiger partial charge on any atom is 0.639 e. The van der Waals surface area contributed by atoms with E-state index in [0.29, 0.717) is 0 Å². The Bertz CT molecular complexity index is 234. The normalized spacial score (nSPS) is 11.2. The van der Waals surface area contributed by atoms with E-state index in [1.54, 1.807) is 0 Å². The summed E-state index contributed by atoms with van der Waals surface area (Å²) in [6.45, 7) is 9.04. The number of rotatable bonds is 24. The molecule has 0 aliphatic rings. The van der Waals surface area contributed by atoms with Crippen LogP contribution in [0.15, 0.2) is 0 Å². The summed E-state index contributed by atoms with van der Waals surface area (Å²) in [5.41, 5.74) is 0.